The van der Waals surface area contributed by atoms with Gasteiger partial charge in [-0.05, 0) is 60.9 Å². The molecule has 0 aliphatic carbocycles. The van der Waals surface area contributed by atoms with E-state index in [2.05, 4.69) is 15.5 Å². The molecule has 0 spiro atoms. The van der Waals surface area contributed by atoms with E-state index in [0.29, 0.717) is 22.9 Å². The van der Waals surface area contributed by atoms with E-state index < -0.39 is 15.7 Å². The van der Waals surface area contributed by atoms with Gasteiger partial charge >= 0.3 is 0 Å². The van der Waals surface area contributed by atoms with Gasteiger partial charge in [0.2, 0.25) is 20.2 Å². The number of nitrogens with zero attached hydrogens (tertiary/aromatic N) is 3. The first kappa shape index (κ1) is 25.9. The monoisotopic (exact) mass is 546 g/mol. The molecule has 0 unspecified atom stereocenters. The number of halogens is 1. The lowest BCUT2D eigenvalue weighted by molar-refractivity contribution is -0.114. The number of aryl methyl sites for hydroxylation is 2. The number of hydrogen-bond donors (Lipinski definition) is 1. The molecule has 0 saturated heterocycles. The minimum Gasteiger partial charge on any atom is -0.490 e. The first-order chi connectivity index (χ1) is 17.1. The lowest BCUT2D eigenvalue weighted by atomic mass is 10.1. The molecule has 0 radical (unpaired) electrons. The van der Waals surface area contributed by atoms with Gasteiger partial charge in [0.15, 0.2) is 0 Å². The van der Waals surface area contributed by atoms with Gasteiger partial charge in [0, 0.05) is 0 Å². The number of fused-ring (bicyclic) bond motifs is 1. The standard InChI is InChI=1S/C24H23ClN4O5S2/c1-4-36(31,32)24-28-35-23-27-22(30)18(21(26)29(23)24)12-16-5-6-20(19(25)13-16)34-8-7-33-17-10-14(2)9-15(3)11-17/h5-6,9-13,26H,4,7-8H2,1-3H3/b18-12-,26-21?. The third kappa shape index (κ3) is 5.48. The summed E-state index contributed by atoms with van der Waals surface area (Å²) < 4.78 is 40.1. The van der Waals surface area contributed by atoms with Crippen molar-refractivity contribution < 1.29 is 22.7 Å². The Bertz CT molecular complexity index is 1430. The van der Waals surface area contributed by atoms with Crippen molar-refractivity contribution in [3.05, 3.63) is 63.7 Å². The van der Waals surface area contributed by atoms with Crippen LogP contribution in [0.5, 0.6) is 11.5 Å². The maximum Gasteiger partial charge on any atom is 0.283 e. The Morgan fingerprint density at radius 1 is 1.11 bits per heavy atom. The Hall–Kier alpha value is -3.15. The molecule has 0 fully saturated rings. The minimum absolute atomic E-state index is 0.0407. The predicted molar refractivity (Wildman–Crippen MR) is 143 cm³/mol. The van der Waals surface area contributed by atoms with Gasteiger partial charge < -0.3 is 9.47 Å². The highest BCUT2D eigenvalue weighted by Gasteiger charge is 2.42. The molecule has 188 valence electrons. The zero-order valence-corrected chi connectivity index (χ0v) is 22.1. The number of sulfone groups is 1. The summed E-state index contributed by atoms with van der Waals surface area (Å²) in [7, 11) is -3.71. The molecule has 0 bridgehead atoms. The number of nitrogens with one attached hydrogen (secondary N) is 1. The van der Waals surface area contributed by atoms with E-state index in [1.54, 1.807) is 18.2 Å². The number of ether oxygens (including phenoxy) is 2. The van der Waals surface area contributed by atoms with Gasteiger partial charge in [0.05, 0.1) is 28.3 Å². The number of carbonyl (C=O) groups excluding carboxylic acids is 1. The molecule has 0 aromatic heterocycles. The van der Waals surface area contributed by atoms with E-state index in [-0.39, 0.29) is 34.1 Å². The number of aliphatic imine (C=N–C) groups is 1. The molecule has 2 aliphatic heterocycles. The maximum atomic E-state index is 12.6. The summed E-state index contributed by atoms with van der Waals surface area (Å²) >= 11 is 7.13. The van der Waals surface area contributed by atoms with Gasteiger partial charge in [-0.3, -0.25) is 10.2 Å². The van der Waals surface area contributed by atoms with Crippen molar-refractivity contribution in [2.24, 2.45) is 9.39 Å². The van der Waals surface area contributed by atoms with Crippen molar-refractivity contribution in [3.63, 3.8) is 0 Å². The molecule has 36 heavy (non-hydrogen) atoms. The Morgan fingerprint density at radius 3 is 2.47 bits per heavy atom. The van der Waals surface area contributed by atoms with Gasteiger partial charge in [0.25, 0.3) is 5.91 Å². The molecule has 0 atom stereocenters. The molecule has 2 aromatic carbocycles. The number of carbonyl (C=O) groups is 1. The van der Waals surface area contributed by atoms with Crippen molar-refractivity contribution in [1.29, 1.82) is 5.41 Å². The van der Waals surface area contributed by atoms with Crippen LogP contribution in [0.4, 0.5) is 0 Å². The Morgan fingerprint density at radius 2 is 1.81 bits per heavy atom. The minimum atomic E-state index is -3.71. The van der Waals surface area contributed by atoms with Gasteiger partial charge in [-0.15, -0.1) is 0 Å². The van der Waals surface area contributed by atoms with Crippen LogP contribution in [0.15, 0.2) is 51.4 Å². The van der Waals surface area contributed by atoms with Crippen LogP contribution in [-0.2, 0) is 14.6 Å². The van der Waals surface area contributed by atoms with Crippen LogP contribution in [0.3, 0.4) is 0 Å². The second-order valence-corrected chi connectivity index (χ2v) is 11.3. The SMILES string of the molecule is CCS(=O)(=O)C1=NSC2=NC(=O)/C(=C\c3ccc(OCCOc4cc(C)cc(C)c4)c(Cl)c3)C(=N)N21. The van der Waals surface area contributed by atoms with E-state index >= 15 is 0 Å². The fraction of sp³-hybridized carbons (Fsp3) is 0.250. The highest BCUT2D eigenvalue weighted by Crippen LogP contribution is 2.31. The third-order valence-electron chi connectivity index (χ3n) is 5.22. The van der Waals surface area contributed by atoms with Gasteiger partial charge in [-0.2, -0.15) is 9.39 Å². The van der Waals surface area contributed by atoms with Gasteiger partial charge in [-0.1, -0.05) is 30.7 Å². The van der Waals surface area contributed by atoms with E-state index in [1.165, 1.54) is 13.0 Å². The summed E-state index contributed by atoms with van der Waals surface area (Å²) in [6.45, 7) is 6.09. The van der Waals surface area contributed by atoms with Crippen LogP contribution >= 0.6 is 23.5 Å². The zero-order valence-electron chi connectivity index (χ0n) is 19.7. The molecule has 2 aromatic rings. The topological polar surface area (TPSA) is 121 Å². The van der Waals surface area contributed by atoms with E-state index in [0.717, 1.165) is 33.7 Å². The second kappa shape index (κ2) is 10.5. The third-order valence-corrected chi connectivity index (χ3v) is 7.93. The summed E-state index contributed by atoms with van der Waals surface area (Å²) in [5.41, 5.74) is 2.68. The normalized spacial score (nSPS) is 16.7. The van der Waals surface area contributed by atoms with E-state index in [4.69, 9.17) is 26.5 Å². The predicted octanol–water partition coefficient (Wildman–Crippen LogP) is 4.43. The molecule has 2 heterocycles. The summed E-state index contributed by atoms with van der Waals surface area (Å²) in [6, 6.07) is 10.9. The lowest BCUT2D eigenvalue weighted by Gasteiger charge is -2.24. The molecule has 1 amide bonds. The largest absolute Gasteiger partial charge is 0.490 e. The van der Waals surface area contributed by atoms with Crippen LogP contribution in [0.1, 0.15) is 23.6 Å². The average molecular weight is 547 g/mol. The smallest absolute Gasteiger partial charge is 0.283 e. The van der Waals surface area contributed by atoms with Crippen molar-refractivity contribution in [3.8, 4) is 11.5 Å². The van der Waals surface area contributed by atoms with E-state index in [9.17, 15) is 13.2 Å². The second-order valence-electron chi connectivity index (χ2n) is 8.02. The van der Waals surface area contributed by atoms with Crippen LogP contribution in [-0.4, -0.2) is 54.4 Å². The van der Waals surface area contributed by atoms with Gasteiger partial charge in [-0.25, -0.2) is 13.3 Å². The Balaban J connectivity index is 1.45. The fourth-order valence-corrected chi connectivity index (χ4v) is 5.75. The maximum absolute atomic E-state index is 12.6. The van der Waals surface area contributed by atoms with Crippen LogP contribution in [0.2, 0.25) is 5.02 Å². The van der Waals surface area contributed by atoms with Crippen LogP contribution in [0.25, 0.3) is 6.08 Å². The first-order valence-electron chi connectivity index (χ1n) is 10.9. The molecular weight excluding hydrogens is 524 g/mol. The number of amides is 1. The van der Waals surface area contributed by atoms with Gasteiger partial charge in [0.1, 0.15) is 30.5 Å². The first-order valence-corrected chi connectivity index (χ1v) is 13.7. The zero-order chi connectivity index (χ0) is 26.0. The summed E-state index contributed by atoms with van der Waals surface area (Å²) in [4.78, 5) is 17.5. The molecule has 2 aliphatic rings. The Kier molecular flexibility index (Phi) is 7.53. The molecule has 9 nitrogen and oxygen atoms in total. The summed E-state index contributed by atoms with van der Waals surface area (Å²) in [5.74, 6) is 0.0387. The summed E-state index contributed by atoms with van der Waals surface area (Å²) in [5, 5.41) is 8.51. The number of amidine groups is 3. The highest BCUT2D eigenvalue weighted by molar-refractivity contribution is 8.16. The average Bonchev–Trinajstić information content (AvgIpc) is 3.25. The van der Waals surface area contributed by atoms with Crippen molar-refractivity contribution in [2.75, 3.05) is 19.0 Å². The number of hydrogen-bond acceptors (Lipinski definition) is 8. The molecule has 0 saturated carbocycles. The van der Waals surface area contributed by atoms with E-state index in [1.807, 2.05) is 26.0 Å². The molecule has 4 rings (SSSR count). The highest BCUT2D eigenvalue weighted by atomic mass is 35.5. The summed E-state index contributed by atoms with van der Waals surface area (Å²) in [6.07, 6.45) is 1.43. The van der Waals surface area contributed by atoms with Crippen LogP contribution < -0.4 is 9.47 Å². The Labute approximate surface area is 218 Å². The number of rotatable bonds is 7. The molecular formula is C24H23ClN4O5S2. The van der Waals surface area contributed by atoms with Crippen molar-refractivity contribution in [2.45, 2.75) is 20.8 Å². The fourth-order valence-electron chi connectivity index (χ4n) is 3.55. The number of benzene rings is 2. The van der Waals surface area contributed by atoms with Crippen molar-refractivity contribution in [1.82, 2.24) is 4.90 Å². The lowest BCUT2D eigenvalue weighted by Crippen LogP contribution is -2.45. The molecule has 1 N–H and O–H groups in total. The quantitative estimate of drug-likeness (QED) is 0.310. The van der Waals surface area contributed by atoms with Crippen molar-refractivity contribution >= 4 is 61.5 Å². The molecule has 12 heteroatoms. The van der Waals surface area contributed by atoms with Crippen LogP contribution in [0, 0.1) is 19.3 Å².